The van der Waals surface area contributed by atoms with Crippen molar-refractivity contribution in [2.45, 2.75) is 30.9 Å². The molecule has 0 spiro atoms. The summed E-state index contributed by atoms with van der Waals surface area (Å²) in [5.41, 5.74) is 0.293. The van der Waals surface area contributed by atoms with E-state index in [1.165, 1.54) is 19.3 Å². The Balaban J connectivity index is 1.65. The number of likely N-dealkylation sites (tertiary alicyclic amines) is 1. The smallest absolute Gasteiger partial charge is 0.119 e. The van der Waals surface area contributed by atoms with E-state index in [1.807, 2.05) is 25.2 Å². The van der Waals surface area contributed by atoms with E-state index in [-0.39, 0.29) is 6.04 Å². The summed E-state index contributed by atoms with van der Waals surface area (Å²) in [6.45, 7) is 4.86. The number of nitrogens with zero attached hydrogens (tertiary/aromatic N) is 1. The van der Waals surface area contributed by atoms with Gasteiger partial charge in [-0.15, -0.1) is 0 Å². The van der Waals surface area contributed by atoms with E-state index in [1.54, 1.807) is 0 Å². The van der Waals surface area contributed by atoms with Crippen LogP contribution in [0.25, 0.3) is 0 Å². The molecule has 3 rings (SSSR count). The van der Waals surface area contributed by atoms with Crippen molar-refractivity contribution in [1.82, 2.24) is 15.5 Å². The molecule has 2 unspecified atom stereocenters. The lowest BCUT2D eigenvalue weighted by Crippen LogP contribution is -2.52. The van der Waals surface area contributed by atoms with Gasteiger partial charge in [0.1, 0.15) is 5.60 Å². The molecular weight excluding hydrogens is 274 g/mol. The third kappa shape index (κ3) is 3.20. The molecule has 0 radical (unpaired) electrons. The minimum atomic E-state index is -0.751. The first-order valence-corrected chi connectivity index (χ1v) is 8.61. The predicted molar refractivity (Wildman–Crippen MR) is 89.8 cm³/mol. The van der Waals surface area contributed by atoms with Crippen molar-refractivity contribution in [3.8, 4) is 0 Å². The number of hydrogen-bond donors (Lipinski definition) is 3. The quantitative estimate of drug-likeness (QED) is 0.764. The molecule has 3 N–H and O–H groups in total. The van der Waals surface area contributed by atoms with E-state index in [0.29, 0.717) is 6.54 Å². The van der Waals surface area contributed by atoms with Gasteiger partial charge >= 0.3 is 0 Å². The van der Waals surface area contributed by atoms with Crippen LogP contribution in [0.3, 0.4) is 0 Å². The first-order chi connectivity index (χ1) is 10.7. The SMILES string of the molecule is CNCCC1CCN(C2CNCC2(O)c2ccccc2)CC1. The highest BCUT2D eigenvalue weighted by atomic mass is 16.3. The van der Waals surface area contributed by atoms with Gasteiger partial charge in [0, 0.05) is 13.1 Å². The monoisotopic (exact) mass is 303 g/mol. The second-order valence-electron chi connectivity index (χ2n) is 6.81. The molecule has 0 aromatic heterocycles. The molecule has 2 aliphatic rings. The minimum absolute atomic E-state index is 0.195. The molecular formula is C18H29N3O. The molecule has 2 atom stereocenters. The Morgan fingerprint density at radius 3 is 2.68 bits per heavy atom. The Morgan fingerprint density at radius 2 is 2.00 bits per heavy atom. The third-order valence-corrected chi connectivity index (χ3v) is 5.45. The van der Waals surface area contributed by atoms with Crippen LogP contribution in [0.5, 0.6) is 0 Å². The van der Waals surface area contributed by atoms with Gasteiger partial charge in [-0.2, -0.15) is 0 Å². The van der Waals surface area contributed by atoms with Gasteiger partial charge in [0.05, 0.1) is 6.04 Å². The summed E-state index contributed by atoms with van der Waals surface area (Å²) in [7, 11) is 2.03. The Hall–Kier alpha value is -0.940. The number of hydrogen-bond acceptors (Lipinski definition) is 4. The van der Waals surface area contributed by atoms with E-state index < -0.39 is 5.60 Å². The van der Waals surface area contributed by atoms with Crippen LogP contribution in [-0.4, -0.2) is 55.8 Å². The zero-order valence-electron chi connectivity index (χ0n) is 13.6. The summed E-state index contributed by atoms with van der Waals surface area (Å²) < 4.78 is 0. The zero-order valence-corrected chi connectivity index (χ0v) is 13.6. The number of β-amino-alcohol motifs (C(OH)–C–C–N with tert-alkyl or cyclic N) is 1. The Morgan fingerprint density at radius 1 is 1.27 bits per heavy atom. The summed E-state index contributed by atoms with van der Waals surface area (Å²) >= 11 is 0. The van der Waals surface area contributed by atoms with E-state index in [9.17, 15) is 5.11 Å². The van der Waals surface area contributed by atoms with Gasteiger partial charge in [0.15, 0.2) is 0 Å². The van der Waals surface area contributed by atoms with Crippen LogP contribution < -0.4 is 10.6 Å². The minimum Gasteiger partial charge on any atom is -0.382 e. The molecule has 0 bridgehead atoms. The van der Waals surface area contributed by atoms with Crippen molar-refractivity contribution in [2.24, 2.45) is 5.92 Å². The van der Waals surface area contributed by atoms with Crippen LogP contribution in [0.2, 0.25) is 0 Å². The number of aliphatic hydroxyl groups is 1. The van der Waals surface area contributed by atoms with Crippen molar-refractivity contribution in [1.29, 1.82) is 0 Å². The van der Waals surface area contributed by atoms with Crippen LogP contribution in [-0.2, 0) is 5.60 Å². The van der Waals surface area contributed by atoms with Gasteiger partial charge in [0.25, 0.3) is 0 Å². The van der Waals surface area contributed by atoms with Crippen molar-refractivity contribution in [3.63, 3.8) is 0 Å². The maximum atomic E-state index is 11.3. The molecule has 0 saturated carbocycles. The molecule has 2 fully saturated rings. The van der Waals surface area contributed by atoms with Crippen LogP contribution in [0.15, 0.2) is 30.3 Å². The fraction of sp³-hybridized carbons (Fsp3) is 0.667. The number of rotatable bonds is 5. The molecule has 0 aliphatic carbocycles. The van der Waals surface area contributed by atoms with Gasteiger partial charge in [-0.25, -0.2) is 0 Å². The predicted octanol–water partition coefficient (Wildman–Crippen LogP) is 1.17. The second kappa shape index (κ2) is 7.09. The topological polar surface area (TPSA) is 47.5 Å². The highest BCUT2D eigenvalue weighted by Crippen LogP contribution is 2.34. The first-order valence-electron chi connectivity index (χ1n) is 8.61. The fourth-order valence-electron chi connectivity index (χ4n) is 4.04. The number of benzene rings is 1. The lowest BCUT2D eigenvalue weighted by Gasteiger charge is -2.41. The average molecular weight is 303 g/mol. The Bertz CT molecular complexity index is 459. The lowest BCUT2D eigenvalue weighted by molar-refractivity contribution is -0.0302. The van der Waals surface area contributed by atoms with Crippen LogP contribution in [0, 0.1) is 5.92 Å². The van der Waals surface area contributed by atoms with Crippen LogP contribution in [0.4, 0.5) is 0 Å². The normalized spacial score (nSPS) is 30.7. The molecule has 1 aromatic rings. The van der Waals surface area contributed by atoms with E-state index in [0.717, 1.165) is 37.7 Å². The highest BCUT2D eigenvalue weighted by Gasteiger charge is 2.46. The second-order valence-corrected chi connectivity index (χ2v) is 6.81. The summed E-state index contributed by atoms with van der Waals surface area (Å²) in [6, 6.07) is 10.4. The summed E-state index contributed by atoms with van der Waals surface area (Å²) in [5, 5.41) is 17.9. The standard InChI is InChI=1S/C18H29N3O/c1-19-10-7-15-8-11-21(12-9-15)17-13-20-14-18(17,22)16-5-3-2-4-6-16/h2-6,15,17,19-20,22H,7-14H2,1H3. The summed E-state index contributed by atoms with van der Waals surface area (Å²) in [6.07, 6.45) is 3.78. The molecule has 4 heteroatoms. The van der Waals surface area contributed by atoms with E-state index >= 15 is 0 Å². The number of piperidine rings is 1. The maximum absolute atomic E-state index is 11.3. The largest absolute Gasteiger partial charge is 0.382 e. The summed E-state index contributed by atoms with van der Waals surface area (Å²) in [4.78, 5) is 2.50. The molecule has 122 valence electrons. The van der Waals surface area contributed by atoms with Gasteiger partial charge in [0.2, 0.25) is 0 Å². The van der Waals surface area contributed by atoms with Crippen molar-refractivity contribution >= 4 is 0 Å². The molecule has 2 aliphatic heterocycles. The highest BCUT2D eigenvalue weighted by molar-refractivity contribution is 5.27. The molecule has 2 saturated heterocycles. The molecule has 1 aromatic carbocycles. The molecule has 2 heterocycles. The van der Waals surface area contributed by atoms with Gasteiger partial charge in [-0.1, -0.05) is 30.3 Å². The third-order valence-electron chi connectivity index (χ3n) is 5.45. The fourth-order valence-corrected chi connectivity index (χ4v) is 4.04. The van der Waals surface area contributed by atoms with Crippen molar-refractivity contribution < 1.29 is 5.11 Å². The zero-order chi connectivity index (χ0) is 15.4. The maximum Gasteiger partial charge on any atom is 0.119 e. The lowest BCUT2D eigenvalue weighted by atomic mass is 9.85. The van der Waals surface area contributed by atoms with E-state index in [2.05, 4.69) is 27.7 Å². The van der Waals surface area contributed by atoms with Crippen molar-refractivity contribution in [2.75, 3.05) is 39.8 Å². The van der Waals surface area contributed by atoms with Crippen LogP contribution >= 0.6 is 0 Å². The van der Waals surface area contributed by atoms with Crippen LogP contribution in [0.1, 0.15) is 24.8 Å². The average Bonchev–Trinajstić information content (AvgIpc) is 2.97. The number of nitrogens with one attached hydrogen (secondary N) is 2. The summed E-state index contributed by atoms with van der Waals surface area (Å²) in [5.74, 6) is 0.836. The first kappa shape index (κ1) is 15.9. The Kier molecular flexibility index (Phi) is 5.14. The molecule has 22 heavy (non-hydrogen) atoms. The Labute approximate surface area is 133 Å². The van der Waals surface area contributed by atoms with Crippen molar-refractivity contribution in [3.05, 3.63) is 35.9 Å². The van der Waals surface area contributed by atoms with Gasteiger partial charge < -0.3 is 15.7 Å². The molecule has 4 nitrogen and oxygen atoms in total. The van der Waals surface area contributed by atoms with Gasteiger partial charge in [-0.3, -0.25) is 4.90 Å². The molecule has 0 amide bonds. The van der Waals surface area contributed by atoms with Gasteiger partial charge in [-0.05, 0) is 57.4 Å². The van der Waals surface area contributed by atoms with E-state index in [4.69, 9.17) is 0 Å².